The Morgan fingerprint density at radius 3 is 2.28 bits per heavy atom. The van der Waals surface area contributed by atoms with E-state index in [-0.39, 0.29) is 12.5 Å². The van der Waals surface area contributed by atoms with Crippen molar-refractivity contribution in [2.24, 2.45) is 0 Å². The molecule has 11 heteroatoms. The molecule has 0 saturated carbocycles. The van der Waals surface area contributed by atoms with Crippen molar-refractivity contribution < 1.29 is 31.5 Å². The molecule has 2 aromatic carbocycles. The van der Waals surface area contributed by atoms with Crippen LogP contribution in [0.5, 0.6) is 5.88 Å². The maximum atomic E-state index is 14.2. The van der Waals surface area contributed by atoms with Crippen LogP contribution >= 0.6 is 15.9 Å². The minimum absolute atomic E-state index is 0.0393. The number of nitrogens with zero attached hydrogens (tertiary/aromatic N) is 2. The van der Waals surface area contributed by atoms with E-state index in [0.717, 1.165) is 5.56 Å². The minimum Gasteiger partial charge on any atom is -0.461 e. The third-order valence-corrected chi connectivity index (χ3v) is 6.09. The van der Waals surface area contributed by atoms with Crippen LogP contribution in [-0.2, 0) is 11.0 Å². The molecule has 1 heterocycles. The monoisotopic (exact) mass is 571 g/mol. The third kappa shape index (κ3) is 6.99. The Kier molecular flexibility index (Phi) is 8.33. The van der Waals surface area contributed by atoms with Crippen LogP contribution in [0, 0.1) is 11.6 Å². The number of carbonyl (C=O) groups excluding carboxylic acids is 1. The number of hydrogen-bond donors (Lipinski definition) is 1. The van der Waals surface area contributed by atoms with Crippen molar-refractivity contribution in [1.29, 1.82) is 0 Å². The van der Waals surface area contributed by atoms with E-state index in [4.69, 9.17) is 4.74 Å². The Morgan fingerprint density at radius 2 is 1.67 bits per heavy atom. The highest BCUT2D eigenvalue weighted by Gasteiger charge is 2.35. The highest BCUT2D eigenvalue weighted by atomic mass is 79.9. The molecule has 0 aliphatic heterocycles. The van der Waals surface area contributed by atoms with E-state index >= 15 is 0 Å². The van der Waals surface area contributed by atoms with Gasteiger partial charge < -0.3 is 10.1 Å². The smallest absolute Gasteiger partial charge is 0.433 e. The van der Waals surface area contributed by atoms with Crippen LogP contribution in [0.2, 0.25) is 0 Å². The molecule has 0 aliphatic carbocycles. The molecule has 1 amide bonds. The number of ether oxygens (including phenoxy) is 1. The molecule has 5 nitrogen and oxygen atoms in total. The lowest BCUT2D eigenvalue weighted by Crippen LogP contribution is -2.48. The summed E-state index contributed by atoms with van der Waals surface area (Å²) in [6, 6.07) is 10.8. The van der Waals surface area contributed by atoms with Crippen LogP contribution in [-0.4, -0.2) is 28.0 Å². The van der Waals surface area contributed by atoms with Crippen molar-refractivity contribution in [2.45, 2.75) is 44.4 Å². The van der Waals surface area contributed by atoms with Crippen LogP contribution < -0.4 is 10.1 Å². The van der Waals surface area contributed by atoms with Gasteiger partial charge in [-0.15, -0.1) is 0 Å². The second kappa shape index (κ2) is 10.9. The standard InChI is InChI=1S/C25H23BrF5N3O2/c1-14(15-4-6-18(27)7-5-15)20(16-8-17(26)10-19(28)9-16)12-32-23(35)24(2,3)36-22-11-21(25(29,30)31)33-13-34-22/h4-11,13-14,20H,12H2,1-3H3,(H,32,35). The zero-order valence-corrected chi connectivity index (χ0v) is 21.1. The van der Waals surface area contributed by atoms with Gasteiger partial charge in [-0.25, -0.2) is 18.7 Å². The zero-order chi connectivity index (χ0) is 26.7. The van der Waals surface area contributed by atoms with Crippen LogP contribution in [0.25, 0.3) is 0 Å². The van der Waals surface area contributed by atoms with Gasteiger partial charge in [0.05, 0.1) is 0 Å². The summed E-state index contributed by atoms with van der Waals surface area (Å²) in [5.74, 6) is -2.61. The van der Waals surface area contributed by atoms with E-state index in [2.05, 4.69) is 31.2 Å². The predicted molar refractivity (Wildman–Crippen MR) is 126 cm³/mol. The Bertz CT molecular complexity index is 1200. The summed E-state index contributed by atoms with van der Waals surface area (Å²) in [4.78, 5) is 19.8. The molecule has 0 bridgehead atoms. The molecule has 2 atom stereocenters. The lowest BCUT2D eigenvalue weighted by Gasteiger charge is -2.29. The maximum absolute atomic E-state index is 14.2. The molecule has 1 N–H and O–H groups in total. The van der Waals surface area contributed by atoms with Crippen molar-refractivity contribution in [3.05, 3.63) is 87.8 Å². The number of benzene rings is 2. The summed E-state index contributed by atoms with van der Waals surface area (Å²) in [7, 11) is 0. The fourth-order valence-electron chi connectivity index (χ4n) is 3.64. The highest BCUT2D eigenvalue weighted by molar-refractivity contribution is 9.10. The molecule has 0 spiro atoms. The van der Waals surface area contributed by atoms with Crippen molar-refractivity contribution in [3.63, 3.8) is 0 Å². The average molecular weight is 572 g/mol. The fraction of sp³-hybridized carbons (Fsp3) is 0.320. The van der Waals surface area contributed by atoms with E-state index in [1.807, 2.05) is 6.92 Å². The Hall–Kier alpha value is -3.08. The first kappa shape index (κ1) is 27.5. The molecule has 36 heavy (non-hydrogen) atoms. The molecule has 3 aromatic rings. The molecule has 0 radical (unpaired) electrons. The van der Waals surface area contributed by atoms with Gasteiger partial charge in [-0.05, 0) is 61.2 Å². The summed E-state index contributed by atoms with van der Waals surface area (Å²) in [5, 5.41) is 2.75. The van der Waals surface area contributed by atoms with E-state index in [9.17, 15) is 26.7 Å². The summed E-state index contributed by atoms with van der Waals surface area (Å²) in [5.41, 5.74) is -1.44. The van der Waals surface area contributed by atoms with Crippen LogP contribution in [0.4, 0.5) is 22.0 Å². The number of nitrogens with one attached hydrogen (secondary N) is 1. The Labute approximate surface area is 213 Å². The van der Waals surface area contributed by atoms with Gasteiger partial charge in [0.25, 0.3) is 5.91 Å². The zero-order valence-electron chi connectivity index (χ0n) is 19.5. The predicted octanol–water partition coefficient (Wildman–Crippen LogP) is 6.40. The molecule has 192 valence electrons. The highest BCUT2D eigenvalue weighted by Crippen LogP contribution is 2.34. The summed E-state index contributed by atoms with van der Waals surface area (Å²) < 4.78 is 72.4. The quantitative estimate of drug-likeness (QED) is 0.318. The van der Waals surface area contributed by atoms with Gasteiger partial charge in [0.15, 0.2) is 11.3 Å². The van der Waals surface area contributed by atoms with Gasteiger partial charge in [-0.3, -0.25) is 4.79 Å². The van der Waals surface area contributed by atoms with Crippen molar-refractivity contribution in [3.8, 4) is 5.88 Å². The topological polar surface area (TPSA) is 64.1 Å². The van der Waals surface area contributed by atoms with Crippen LogP contribution in [0.15, 0.2) is 59.3 Å². The number of rotatable bonds is 8. The van der Waals surface area contributed by atoms with E-state index in [1.165, 1.54) is 38.1 Å². The van der Waals surface area contributed by atoms with E-state index < -0.39 is 46.8 Å². The second-order valence-corrected chi connectivity index (χ2v) is 9.63. The van der Waals surface area contributed by atoms with Crippen LogP contribution in [0.3, 0.4) is 0 Å². The van der Waals surface area contributed by atoms with Crippen molar-refractivity contribution in [1.82, 2.24) is 15.3 Å². The first-order valence-corrected chi connectivity index (χ1v) is 11.6. The molecule has 2 unspecified atom stereocenters. The number of carbonyl (C=O) groups is 1. The SMILES string of the molecule is CC(c1ccc(F)cc1)C(CNC(=O)C(C)(C)Oc1cc(C(F)(F)F)ncn1)c1cc(F)cc(Br)c1. The largest absolute Gasteiger partial charge is 0.461 e. The summed E-state index contributed by atoms with van der Waals surface area (Å²) in [6.07, 6.45) is -4.00. The normalized spacial score (nSPS) is 13.7. The van der Waals surface area contributed by atoms with Gasteiger partial charge in [-0.2, -0.15) is 13.2 Å². The maximum Gasteiger partial charge on any atom is 0.433 e. The van der Waals surface area contributed by atoms with E-state index in [1.54, 1.807) is 18.2 Å². The van der Waals surface area contributed by atoms with Crippen molar-refractivity contribution in [2.75, 3.05) is 6.54 Å². The van der Waals surface area contributed by atoms with Gasteiger partial charge in [0.1, 0.15) is 18.0 Å². The number of hydrogen-bond acceptors (Lipinski definition) is 4. The molecule has 1 aromatic heterocycles. The number of amides is 1. The third-order valence-electron chi connectivity index (χ3n) is 5.63. The molecule has 3 rings (SSSR count). The molecular formula is C25H23BrF5N3O2. The fourth-order valence-corrected chi connectivity index (χ4v) is 4.13. The first-order chi connectivity index (χ1) is 16.8. The second-order valence-electron chi connectivity index (χ2n) is 8.71. The summed E-state index contributed by atoms with van der Waals surface area (Å²) in [6.45, 7) is 4.67. The Balaban J connectivity index is 1.81. The summed E-state index contributed by atoms with van der Waals surface area (Å²) >= 11 is 3.28. The molecule has 0 aliphatic rings. The van der Waals surface area contributed by atoms with Gasteiger partial charge in [0.2, 0.25) is 5.88 Å². The Morgan fingerprint density at radius 1 is 1.00 bits per heavy atom. The lowest BCUT2D eigenvalue weighted by molar-refractivity contribution is -0.141. The molecular weight excluding hydrogens is 549 g/mol. The van der Waals surface area contributed by atoms with E-state index in [0.29, 0.717) is 22.4 Å². The molecule has 0 saturated heterocycles. The lowest BCUT2D eigenvalue weighted by atomic mass is 9.82. The van der Waals surface area contributed by atoms with Crippen molar-refractivity contribution >= 4 is 21.8 Å². The number of alkyl halides is 3. The van der Waals surface area contributed by atoms with Gasteiger partial charge in [-0.1, -0.05) is 35.0 Å². The number of aromatic nitrogens is 2. The van der Waals surface area contributed by atoms with Crippen LogP contribution in [0.1, 0.15) is 49.4 Å². The average Bonchev–Trinajstić information content (AvgIpc) is 2.78. The molecule has 0 fully saturated rings. The van der Waals surface area contributed by atoms with Gasteiger partial charge in [0, 0.05) is 23.0 Å². The first-order valence-electron chi connectivity index (χ1n) is 10.8. The van der Waals surface area contributed by atoms with Gasteiger partial charge >= 0.3 is 6.18 Å². The number of halogens is 6. The minimum atomic E-state index is -4.70.